The first-order valence-corrected chi connectivity index (χ1v) is 12.5. The molecule has 1 aliphatic rings. The fourth-order valence-corrected chi connectivity index (χ4v) is 6.27. The third-order valence-electron chi connectivity index (χ3n) is 7.85. The molecule has 1 N–H and O–H groups in total. The Labute approximate surface area is 210 Å². The fourth-order valence-electron chi connectivity index (χ4n) is 6.27. The number of hydrogen-bond acceptors (Lipinski definition) is 1. The molecular weight excluding hydrogens is 438 g/mol. The topological polar surface area (TPSA) is 29.1 Å². The van der Waals surface area contributed by atoms with Crippen LogP contribution in [0.1, 0.15) is 23.1 Å². The maximum atomic E-state index is 13.1. The predicted molar refractivity (Wildman–Crippen MR) is 150 cm³/mol. The zero-order valence-electron chi connectivity index (χ0n) is 19.9. The molecule has 0 fully saturated rings. The third-order valence-corrected chi connectivity index (χ3v) is 7.85. The van der Waals surface area contributed by atoms with Crippen molar-refractivity contribution in [2.24, 2.45) is 0 Å². The lowest BCUT2D eigenvalue weighted by Crippen LogP contribution is -2.40. The summed E-state index contributed by atoms with van der Waals surface area (Å²) in [5, 5.41) is 10.7. The molecule has 7 rings (SSSR count). The van der Waals surface area contributed by atoms with Crippen molar-refractivity contribution >= 4 is 43.9 Å². The van der Waals surface area contributed by atoms with E-state index in [-0.39, 0.29) is 5.91 Å². The molecule has 6 aromatic carbocycles. The number of para-hydroxylation sites is 1. The standard InChI is InChI=1S/C34H25NO/c36-32-22-34(26-12-2-1-3-13-26,30-15-6-7-16-31(30)35-32)21-25-11-8-10-24-18-19-28-27-14-5-4-9-23(27)17-20-29(28)33(24)25/h1-20H,21-22H2,(H,35,36). The van der Waals surface area contributed by atoms with Crippen LogP contribution in [0.5, 0.6) is 0 Å². The fraction of sp³-hybridized carbons (Fsp3) is 0.0882. The molecule has 2 heteroatoms. The van der Waals surface area contributed by atoms with Gasteiger partial charge >= 0.3 is 0 Å². The summed E-state index contributed by atoms with van der Waals surface area (Å²) in [6.07, 6.45) is 1.16. The monoisotopic (exact) mass is 463 g/mol. The van der Waals surface area contributed by atoms with Crippen LogP contribution in [0.4, 0.5) is 5.69 Å². The van der Waals surface area contributed by atoms with E-state index in [1.54, 1.807) is 0 Å². The van der Waals surface area contributed by atoms with Crippen molar-refractivity contribution in [2.45, 2.75) is 18.3 Å². The number of benzene rings is 6. The largest absolute Gasteiger partial charge is 0.326 e. The van der Waals surface area contributed by atoms with E-state index in [1.165, 1.54) is 49.0 Å². The van der Waals surface area contributed by atoms with Crippen LogP contribution in [0.2, 0.25) is 0 Å². The second kappa shape index (κ2) is 8.07. The summed E-state index contributed by atoms with van der Waals surface area (Å²) in [5.41, 5.74) is 4.08. The van der Waals surface area contributed by atoms with Gasteiger partial charge < -0.3 is 5.32 Å². The van der Waals surface area contributed by atoms with Gasteiger partial charge in [0.15, 0.2) is 0 Å². The van der Waals surface area contributed by atoms with Gasteiger partial charge in [-0.05, 0) is 61.5 Å². The second-order valence-electron chi connectivity index (χ2n) is 9.86. The van der Waals surface area contributed by atoms with Crippen LogP contribution in [0.15, 0.2) is 121 Å². The van der Waals surface area contributed by atoms with Gasteiger partial charge in [-0.2, -0.15) is 0 Å². The molecule has 1 heterocycles. The molecule has 1 amide bonds. The van der Waals surface area contributed by atoms with Crippen LogP contribution in [-0.2, 0) is 16.6 Å². The minimum Gasteiger partial charge on any atom is -0.326 e. The maximum Gasteiger partial charge on any atom is 0.225 e. The van der Waals surface area contributed by atoms with Crippen molar-refractivity contribution in [1.82, 2.24) is 0 Å². The Kier molecular flexibility index (Phi) is 4.68. The summed E-state index contributed by atoms with van der Waals surface area (Å²) in [5.74, 6) is 0.0636. The minimum absolute atomic E-state index is 0.0636. The molecule has 172 valence electrons. The highest BCUT2D eigenvalue weighted by atomic mass is 16.1. The summed E-state index contributed by atoms with van der Waals surface area (Å²) < 4.78 is 0. The van der Waals surface area contributed by atoms with Crippen LogP contribution in [0.25, 0.3) is 32.3 Å². The Balaban J connectivity index is 1.52. The highest BCUT2D eigenvalue weighted by Gasteiger charge is 2.42. The van der Waals surface area contributed by atoms with Gasteiger partial charge in [0.25, 0.3) is 0 Å². The predicted octanol–water partition coefficient (Wildman–Crippen LogP) is 8.02. The van der Waals surface area contributed by atoms with Gasteiger partial charge in [0.2, 0.25) is 5.91 Å². The summed E-state index contributed by atoms with van der Waals surface area (Å²) in [6.45, 7) is 0. The molecule has 0 radical (unpaired) electrons. The molecule has 2 nitrogen and oxygen atoms in total. The highest BCUT2D eigenvalue weighted by Crippen LogP contribution is 2.46. The Morgan fingerprint density at radius 2 is 1.33 bits per heavy atom. The molecular formula is C34H25NO. The van der Waals surface area contributed by atoms with Crippen molar-refractivity contribution < 1.29 is 4.79 Å². The van der Waals surface area contributed by atoms with Gasteiger partial charge in [0, 0.05) is 17.5 Å². The number of nitrogens with one attached hydrogen (secondary N) is 1. The van der Waals surface area contributed by atoms with Crippen LogP contribution in [-0.4, -0.2) is 5.91 Å². The van der Waals surface area contributed by atoms with Crippen LogP contribution in [0, 0.1) is 0 Å². The Morgan fingerprint density at radius 3 is 2.25 bits per heavy atom. The zero-order chi connectivity index (χ0) is 24.1. The van der Waals surface area contributed by atoms with Crippen molar-refractivity contribution in [3.8, 4) is 0 Å². The first-order valence-electron chi connectivity index (χ1n) is 12.5. The molecule has 36 heavy (non-hydrogen) atoms. The van der Waals surface area contributed by atoms with Crippen molar-refractivity contribution in [1.29, 1.82) is 0 Å². The SMILES string of the molecule is O=C1CC(Cc2cccc3ccc4c5ccccc5ccc4c23)(c2ccccc2)c2ccccc2N1. The summed E-state index contributed by atoms with van der Waals surface area (Å²) in [7, 11) is 0. The minimum atomic E-state index is -0.451. The quantitative estimate of drug-likeness (QED) is 0.265. The highest BCUT2D eigenvalue weighted by molar-refractivity contribution is 6.18. The van der Waals surface area contributed by atoms with Crippen LogP contribution < -0.4 is 5.32 Å². The molecule has 0 saturated heterocycles. The van der Waals surface area contributed by atoms with E-state index in [1.807, 2.05) is 18.2 Å². The molecule has 1 unspecified atom stereocenters. The van der Waals surface area contributed by atoms with Crippen molar-refractivity contribution in [3.05, 3.63) is 138 Å². The van der Waals surface area contributed by atoms with Gasteiger partial charge in [-0.25, -0.2) is 0 Å². The number of rotatable bonds is 3. The number of amides is 1. The molecule has 0 bridgehead atoms. The van der Waals surface area contributed by atoms with Gasteiger partial charge in [0.05, 0.1) is 0 Å². The summed E-state index contributed by atoms with van der Waals surface area (Å²) in [4.78, 5) is 13.1. The smallest absolute Gasteiger partial charge is 0.225 e. The van der Waals surface area contributed by atoms with Gasteiger partial charge in [0.1, 0.15) is 0 Å². The Hall–Kier alpha value is -4.43. The third kappa shape index (κ3) is 3.15. The first-order chi connectivity index (χ1) is 17.7. The van der Waals surface area contributed by atoms with Crippen molar-refractivity contribution in [2.75, 3.05) is 5.32 Å². The van der Waals surface area contributed by atoms with E-state index >= 15 is 0 Å². The zero-order valence-corrected chi connectivity index (χ0v) is 19.9. The first kappa shape index (κ1) is 20.9. The maximum absolute atomic E-state index is 13.1. The van der Waals surface area contributed by atoms with E-state index in [4.69, 9.17) is 0 Å². The second-order valence-corrected chi connectivity index (χ2v) is 9.86. The lowest BCUT2D eigenvalue weighted by Gasteiger charge is -2.40. The Morgan fingerprint density at radius 1 is 0.611 bits per heavy atom. The lowest BCUT2D eigenvalue weighted by atomic mass is 9.65. The number of fused-ring (bicyclic) bond motifs is 6. The van der Waals surface area contributed by atoms with Gasteiger partial charge in [-0.1, -0.05) is 115 Å². The number of anilines is 1. The van der Waals surface area contributed by atoms with E-state index < -0.39 is 5.41 Å². The number of hydrogen-bond donors (Lipinski definition) is 1. The summed E-state index contributed by atoms with van der Waals surface area (Å²) in [6, 6.07) is 43.0. The lowest BCUT2D eigenvalue weighted by molar-refractivity contribution is -0.117. The van der Waals surface area contributed by atoms with E-state index in [0.717, 1.165) is 12.1 Å². The van der Waals surface area contributed by atoms with E-state index in [2.05, 4.69) is 108 Å². The van der Waals surface area contributed by atoms with Gasteiger partial charge in [-0.3, -0.25) is 4.79 Å². The van der Waals surface area contributed by atoms with Gasteiger partial charge in [-0.15, -0.1) is 0 Å². The average Bonchev–Trinajstić information content (AvgIpc) is 2.93. The normalized spacial score (nSPS) is 17.3. The molecule has 0 saturated carbocycles. The van der Waals surface area contributed by atoms with E-state index in [9.17, 15) is 4.79 Å². The Bertz CT molecular complexity index is 1790. The molecule has 0 aliphatic carbocycles. The molecule has 1 aliphatic heterocycles. The number of carbonyl (C=O) groups is 1. The summed E-state index contributed by atoms with van der Waals surface area (Å²) >= 11 is 0. The average molecular weight is 464 g/mol. The molecule has 6 aromatic rings. The van der Waals surface area contributed by atoms with Crippen LogP contribution in [0.3, 0.4) is 0 Å². The number of carbonyl (C=O) groups excluding carboxylic acids is 1. The molecule has 1 atom stereocenters. The van der Waals surface area contributed by atoms with Crippen molar-refractivity contribution in [3.63, 3.8) is 0 Å². The molecule has 0 aromatic heterocycles. The van der Waals surface area contributed by atoms with Crippen LogP contribution >= 0.6 is 0 Å². The molecule has 0 spiro atoms. The van der Waals surface area contributed by atoms with E-state index in [0.29, 0.717) is 6.42 Å².